The summed E-state index contributed by atoms with van der Waals surface area (Å²) in [5, 5.41) is 18.5. The van der Waals surface area contributed by atoms with Crippen molar-refractivity contribution < 1.29 is 13.9 Å². The van der Waals surface area contributed by atoms with Crippen LogP contribution in [0.3, 0.4) is 0 Å². The van der Waals surface area contributed by atoms with Crippen LogP contribution in [0, 0.1) is 5.41 Å². The summed E-state index contributed by atoms with van der Waals surface area (Å²) in [6.07, 6.45) is 6.57. The molecule has 2 aromatic heterocycles. The van der Waals surface area contributed by atoms with Crippen LogP contribution in [0.25, 0.3) is 23.2 Å². The van der Waals surface area contributed by atoms with E-state index in [9.17, 15) is 13.9 Å². The predicted octanol–water partition coefficient (Wildman–Crippen LogP) is 4.70. The Kier molecular flexibility index (Phi) is 5.32. The van der Waals surface area contributed by atoms with Gasteiger partial charge in [0.2, 0.25) is 0 Å². The van der Waals surface area contributed by atoms with Gasteiger partial charge < -0.3 is 9.67 Å². The molecule has 4 rings (SSSR count). The van der Waals surface area contributed by atoms with Gasteiger partial charge in [-0.15, -0.1) is 10.2 Å². The number of benzene rings is 1. The summed E-state index contributed by atoms with van der Waals surface area (Å²) < 4.78 is 30.9. The molecule has 6 nitrogen and oxygen atoms in total. The second-order valence-corrected chi connectivity index (χ2v) is 7.97. The summed E-state index contributed by atoms with van der Waals surface area (Å²) in [7, 11) is 0. The summed E-state index contributed by atoms with van der Waals surface area (Å²) in [4.78, 5) is 8.24. The third-order valence-corrected chi connectivity index (χ3v) is 5.83. The number of halogens is 2. The fourth-order valence-corrected chi connectivity index (χ4v) is 3.89. The van der Waals surface area contributed by atoms with Gasteiger partial charge >= 0.3 is 0 Å². The van der Waals surface area contributed by atoms with Crippen molar-refractivity contribution in [2.45, 2.75) is 45.5 Å². The van der Waals surface area contributed by atoms with Crippen LogP contribution >= 0.6 is 0 Å². The van der Waals surface area contributed by atoms with Gasteiger partial charge in [-0.2, -0.15) is 0 Å². The normalized spacial score (nSPS) is 25.5. The molecular formula is C22H23F2N5O. The first-order valence-corrected chi connectivity index (χ1v) is 9.89. The molecule has 1 aliphatic carbocycles. The molecule has 8 heteroatoms. The highest BCUT2D eigenvalue weighted by Gasteiger charge is 2.42. The number of allylic oxidation sites excluding steroid dienone is 1. The van der Waals surface area contributed by atoms with Crippen LogP contribution < -0.4 is 0 Å². The maximum absolute atomic E-state index is 15.0. The van der Waals surface area contributed by atoms with Gasteiger partial charge in [0.15, 0.2) is 5.82 Å². The lowest BCUT2D eigenvalue weighted by Crippen LogP contribution is -2.38. The summed E-state index contributed by atoms with van der Waals surface area (Å²) >= 11 is 0. The smallest absolute Gasteiger partial charge is 0.185 e. The number of phenolic OH excluding ortho intramolecular Hbond substituents is 1. The van der Waals surface area contributed by atoms with E-state index in [-0.39, 0.29) is 24.4 Å². The standard InChI is InChI=1S/C22H23F2N5O/c1-3-22(2)11-15(23)8-14(20(22)24)9-16-12-26-21(28-27-16)18-5-4-17(10-19(18)30)29-7-6-25-13-29/h4-7,9-10,12-13,15,20,30H,3,8,11H2,1-2H3/b14-9+/t15-,20+,22+/m1/s1. The second-order valence-electron chi connectivity index (χ2n) is 7.97. The Balaban J connectivity index is 1.58. The lowest BCUT2D eigenvalue weighted by molar-refractivity contribution is 0.0656. The van der Waals surface area contributed by atoms with Crippen molar-refractivity contribution in [3.63, 3.8) is 0 Å². The van der Waals surface area contributed by atoms with E-state index in [2.05, 4.69) is 20.2 Å². The second kappa shape index (κ2) is 7.93. The van der Waals surface area contributed by atoms with Gasteiger partial charge in [0.05, 0.1) is 23.8 Å². The molecule has 156 valence electrons. The average Bonchev–Trinajstić information content (AvgIpc) is 3.27. The molecule has 1 saturated carbocycles. The Morgan fingerprint density at radius 1 is 1.30 bits per heavy atom. The fraction of sp³-hybridized carbons (Fsp3) is 0.364. The van der Waals surface area contributed by atoms with Crippen molar-refractivity contribution in [2.75, 3.05) is 0 Å². The number of imidazole rings is 1. The summed E-state index contributed by atoms with van der Waals surface area (Å²) in [5.41, 5.74) is 1.20. The summed E-state index contributed by atoms with van der Waals surface area (Å²) in [6.45, 7) is 3.66. The fourth-order valence-electron chi connectivity index (χ4n) is 3.89. The van der Waals surface area contributed by atoms with Gasteiger partial charge in [0.1, 0.15) is 23.8 Å². The van der Waals surface area contributed by atoms with Gasteiger partial charge in [-0.05, 0) is 36.6 Å². The van der Waals surface area contributed by atoms with Crippen LogP contribution in [0.2, 0.25) is 0 Å². The highest BCUT2D eigenvalue weighted by molar-refractivity contribution is 5.66. The molecule has 0 aliphatic heterocycles. The lowest BCUT2D eigenvalue weighted by atomic mass is 9.69. The van der Waals surface area contributed by atoms with E-state index in [0.29, 0.717) is 23.3 Å². The molecule has 1 aromatic carbocycles. The minimum Gasteiger partial charge on any atom is -0.507 e. The minimum absolute atomic E-state index is 0.00388. The molecule has 1 aliphatic rings. The zero-order valence-corrected chi connectivity index (χ0v) is 16.8. The Bertz CT molecular complexity index is 1050. The van der Waals surface area contributed by atoms with Crippen molar-refractivity contribution in [3.05, 3.63) is 54.4 Å². The molecule has 3 aromatic rings. The van der Waals surface area contributed by atoms with E-state index in [1.165, 1.54) is 12.3 Å². The zero-order chi connectivity index (χ0) is 21.3. The number of aromatic hydroxyl groups is 1. The van der Waals surface area contributed by atoms with Crippen molar-refractivity contribution >= 4 is 6.08 Å². The Morgan fingerprint density at radius 2 is 2.13 bits per heavy atom. The quantitative estimate of drug-likeness (QED) is 0.673. The van der Waals surface area contributed by atoms with E-state index in [0.717, 1.165) is 5.69 Å². The molecule has 3 atom stereocenters. The number of alkyl halides is 2. The van der Waals surface area contributed by atoms with Crippen LogP contribution in [0.5, 0.6) is 5.75 Å². The molecule has 0 amide bonds. The Hall–Kier alpha value is -3.16. The number of hydrogen-bond donors (Lipinski definition) is 1. The van der Waals surface area contributed by atoms with Gasteiger partial charge in [0.25, 0.3) is 0 Å². The zero-order valence-electron chi connectivity index (χ0n) is 16.8. The maximum atomic E-state index is 15.0. The number of nitrogens with zero attached hydrogens (tertiary/aromatic N) is 5. The van der Waals surface area contributed by atoms with Crippen molar-refractivity contribution in [1.29, 1.82) is 0 Å². The van der Waals surface area contributed by atoms with Gasteiger partial charge in [0, 0.05) is 30.3 Å². The van der Waals surface area contributed by atoms with E-state index < -0.39 is 17.8 Å². The van der Waals surface area contributed by atoms with Crippen molar-refractivity contribution in [3.8, 4) is 22.8 Å². The number of rotatable bonds is 4. The Labute approximate surface area is 173 Å². The molecule has 2 heterocycles. The minimum atomic E-state index is -1.23. The molecule has 30 heavy (non-hydrogen) atoms. The van der Waals surface area contributed by atoms with E-state index in [1.807, 2.05) is 6.92 Å². The number of hydrogen-bond acceptors (Lipinski definition) is 5. The molecule has 0 radical (unpaired) electrons. The number of aromatic nitrogens is 5. The SMILES string of the molecule is CC[C@@]1(C)C[C@H](F)C/C(=C\c2cnc(-c3ccc(-n4ccnc4)cc3O)nn2)[C@@H]1F. The third-order valence-electron chi connectivity index (χ3n) is 5.83. The van der Waals surface area contributed by atoms with Gasteiger partial charge in [-0.25, -0.2) is 18.7 Å². The molecular weight excluding hydrogens is 388 g/mol. The topological polar surface area (TPSA) is 76.7 Å². The third kappa shape index (κ3) is 3.81. The highest BCUT2D eigenvalue weighted by atomic mass is 19.1. The molecule has 0 bridgehead atoms. The van der Waals surface area contributed by atoms with Crippen LogP contribution in [0.15, 0.2) is 48.7 Å². The van der Waals surface area contributed by atoms with Gasteiger partial charge in [-0.3, -0.25) is 0 Å². The first kappa shape index (κ1) is 20.1. The first-order chi connectivity index (χ1) is 14.4. The summed E-state index contributed by atoms with van der Waals surface area (Å²) in [5.74, 6) is 0.248. The van der Waals surface area contributed by atoms with Crippen molar-refractivity contribution in [1.82, 2.24) is 24.7 Å². The predicted molar refractivity (Wildman–Crippen MR) is 109 cm³/mol. The maximum Gasteiger partial charge on any atom is 0.185 e. The monoisotopic (exact) mass is 411 g/mol. The van der Waals surface area contributed by atoms with Crippen LogP contribution in [0.1, 0.15) is 38.8 Å². The van der Waals surface area contributed by atoms with E-state index >= 15 is 0 Å². The van der Waals surface area contributed by atoms with Gasteiger partial charge in [-0.1, -0.05) is 13.8 Å². The van der Waals surface area contributed by atoms with Crippen LogP contribution in [0.4, 0.5) is 8.78 Å². The van der Waals surface area contributed by atoms with Crippen LogP contribution in [-0.4, -0.2) is 42.2 Å². The average molecular weight is 411 g/mol. The summed E-state index contributed by atoms with van der Waals surface area (Å²) in [6, 6.07) is 5.08. The Morgan fingerprint density at radius 3 is 2.77 bits per heavy atom. The first-order valence-electron chi connectivity index (χ1n) is 9.89. The molecule has 1 N–H and O–H groups in total. The van der Waals surface area contributed by atoms with E-state index in [1.54, 1.807) is 48.4 Å². The molecule has 0 spiro atoms. The highest BCUT2D eigenvalue weighted by Crippen LogP contribution is 2.45. The lowest BCUT2D eigenvalue weighted by Gasteiger charge is -2.39. The molecule has 0 unspecified atom stereocenters. The molecule has 1 fully saturated rings. The van der Waals surface area contributed by atoms with Crippen molar-refractivity contribution in [2.24, 2.45) is 5.41 Å². The van der Waals surface area contributed by atoms with E-state index in [4.69, 9.17) is 0 Å². The van der Waals surface area contributed by atoms with Crippen LogP contribution in [-0.2, 0) is 0 Å². The largest absolute Gasteiger partial charge is 0.507 e. The number of phenols is 1. The molecule has 0 saturated heterocycles.